The summed E-state index contributed by atoms with van der Waals surface area (Å²) in [6.45, 7) is 26.9. The van der Waals surface area contributed by atoms with E-state index >= 15 is 0 Å². The van der Waals surface area contributed by atoms with E-state index in [1.54, 1.807) is 0 Å². The summed E-state index contributed by atoms with van der Waals surface area (Å²) in [7, 11) is 0. The third-order valence-corrected chi connectivity index (χ3v) is 7.60. The summed E-state index contributed by atoms with van der Waals surface area (Å²) >= 11 is 6.23. The summed E-state index contributed by atoms with van der Waals surface area (Å²) in [6, 6.07) is 0.171. The molecule has 1 aliphatic heterocycles. The molecule has 4 heteroatoms. The third-order valence-electron chi connectivity index (χ3n) is 7.20. The molecule has 1 rings (SSSR count). The van der Waals surface area contributed by atoms with Gasteiger partial charge in [0.25, 0.3) is 0 Å². The molecule has 0 bridgehead atoms. The van der Waals surface area contributed by atoms with Crippen molar-refractivity contribution < 1.29 is 5.11 Å². The predicted octanol–water partition coefficient (Wildman–Crippen LogP) is 7.64. The number of nitrogens with zero attached hydrogens (tertiary/aromatic N) is 1. The van der Waals surface area contributed by atoms with Crippen LogP contribution in [0.1, 0.15) is 87.0 Å². The van der Waals surface area contributed by atoms with Crippen LogP contribution >= 0.6 is 11.6 Å². The van der Waals surface area contributed by atoms with Gasteiger partial charge in [0.1, 0.15) is 0 Å². The van der Waals surface area contributed by atoms with E-state index in [0.717, 1.165) is 62.3 Å². The monoisotopic (exact) mass is 478 g/mol. The Morgan fingerprint density at radius 3 is 2.39 bits per heavy atom. The van der Waals surface area contributed by atoms with E-state index in [4.69, 9.17) is 11.6 Å². The van der Waals surface area contributed by atoms with Crippen LogP contribution in [-0.2, 0) is 0 Å². The van der Waals surface area contributed by atoms with Crippen LogP contribution in [0.5, 0.6) is 0 Å². The van der Waals surface area contributed by atoms with Crippen LogP contribution in [-0.4, -0.2) is 35.7 Å². The third kappa shape index (κ3) is 9.53. The van der Waals surface area contributed by atoms with Gasteiger partial charge < -0.3 is 15.3 Å². The highest BCUT2D eigenvalue weighted by Gasteiger charge is 2.38. The maximum Gasteiger partial charge on any atom is 0.0675 e. The molecule has 190 valence electrons. The number of aliphatic hydroxyl groups is 1. The van der Waals surface area contributed by atoms with Crippen LogP contribution in [0.4, 0.5) is 0 Å². The first-order chi connectivity index (χ1) is 15.5. The average molecular weight is 479 g/mol. The van der Waals surface area contributed by atoms with E-state index < -0.39 is 0 Å². The van der Waals surface area contributed by atoms with Gasteiger partial charge in [-0.3, -0.25) is 0 Å². The smallest absolute Gasteiger partial charge is 0.0675 e. The second-order valence-corrected chi connectivity index (χ2v) is 11.4. The van der Waals surface area contributed by atoms with E-state index in [2.05, 4.69) is 84.0 Å². The second kappa shape index (κ2) is 14.3. The standard InChI is InChI=1S/C29H51ClN2O/c1-10-12-25(16-18-33)19-23(6)31-28(21(3)4)24(7)32-17-15-27(29(8,9)20-32)22(5)13-14-26(30)11-2/h13-14,21,25,27-28,31,33H,6-7,10-12,15-20H2,1-5,8-9H3/b22-13+,26-14+/t25?,27?,28-/m1/s1. The average Bonchev–Trinajstić information content (AvgIpc) is 2.74. The van der Waals surface area contributed by atoms with Gasteiger partial charge in [-0.05, 0) is 61.9 Å². The Balaban J connectivity index is 2.87. The first-order valence-corrected chi connectivity index (χ1v) is 13.4. The zero-order valence-corrected chi connectivity index (χ0v) is 23.3. The van der Waals surface area contributed by atoms with Crippen LogP contribution in [0.3, 0.4) is 0 Å². The van der Waals surface area contributed by atoms with Gasteiger partial charge in [0.05, 0.1) is 6.04 Å². The molecule has 0 spiro atoms. The van der Waals surface area contributed by atoms with Crippen LogP contribution in [0.15, 0.2) is 47.3 Å². The Hall–Kier alpha value is -1.19. The molecule has 1 heterocycles. The fourth-order valence-corrected chi connectivity index (χ4v) is 5.36. The molecule has 33 heavy (non-hydrogen) atoms. The molecular formula is C29H51ClN2O. The van der Waals surface area contributed by atoms with Gasteiger partial charge in [0.2, 0.25) is 0 Å². The van der Waals surface area contributed by atoms with Crippen LogP contribution < -0.4 is 5.32 Å². The summed E-state index contributed by atoms with van der Waals surface area (Å²) in [4.78, 5) is 2.49. The summed E-state index contributed by atoms with van der Waals surface area (Å²) in [5.74, 6) is 1.44. The number of piperidine rings is 1. The van der Waals surface area contributed by atoms with Crippen molar-refractivity contribution in [1.82, 2.24) is 10.2 Å². The van der Waals surface area contributed by atoms with Gasteiger partial charge in [-0.2, -0.15) is 0 Å². The summed E-state index contributed by atoms with van der Waals surface area (Å²) < 4.78 is 0. The second-order valence-electron chi connectivity index (χ2n) is 11.0. The molecule has 2 N–H and O–H groups in total. The van der Waals surface area contributed by atoms with Crippen molar-refractivity contribution in [2.75, 3.05) is 19.7 Å². The largest absolute Gasteiger partial charge is 0.396 e. The molecule has 0 saturated carbocycles. The van der Waals surface area contributed by atoms with Crippen LogP contribution in [0, 0.1) is 23.2 Å². The van der Waals surface area contributed by atoms with Gasteiger partial charge in [-0.15, -0.1) is 0 Å². The van der Waals surface area contributed by atoms with Crippen molar-refractivity contribution in [3.63, 3.8) is 0 Å². The zero-order valence-electron chi connectivity index (χ0n) is 22.5. The first-order valence-electron chi connectivity index (χ1n) is 13.0. The maximum absolute atomic E-state index is 9.40. The van der Waals surface area contributed by atoms with Gasteiger partial charge >= 0.3 is 0 Å². The molecule has 3 atom stereocenters. The number of hydrogen-bond acceptors (Lipinski definition) is 3. The molecule has 0 aromatic carbocycles. The van der Waals surface area contributed by atoms with Crippen LogP contribution in [0.25, 0.3) is 0 Å². The minimum Gasteiger partial charge on any atom is -0.396 e. The lowest BCUT2D eigenvalue weighted by Crippen LogP contribution is -2.50. The minimum absolute atomic E-state index is 0.153. The van der Waals surface area contributed by atoms with Crippen LogP contribution in [0.2, 0.25) is 0 Å². The number of nitrogens with one attached hydrogen (secondary N) is 1. The molecule has 1 aliphatic rings. The summed E-state index contributed by atoms with van der Waals surface area (Å²) in [5, 5.41) is 14.0. The topological polar surface area (TPSA) is 35.5 Å². The Morgan fingerprint density at radius 2 is 1.88 bits per heavy atom. The number of aliphatic hydroxyl groups excluding tert-OH is 1. The first kappa shape index (κ1) is 29.8. The summed E-state index contributed by atoms with van der Waals surface area (Å²) in [5.41, 5.74) is 3.80. The fraction of sp³-hybridized carbons (Fsp3) is 0.724. The summed E-state index contributed by atoms with van der Waals surface area (Å²) in [6.07, 6.45) is 10.3. The molecule has 0 aromatic heterocycles. The van der Waals surface area contributed by atoms with Crippen molar-refractivity contribution in [3.05, 3.63) is 47.3 Å². The Morgan fingerprint density at radius 1 is 1.21 bits per heavy atom. The Kier molecular flexibility index (Phi) is 12.9. The van der Waals surface area contributed by atoms with Crippen molar-refractivity contribution in [3.8, 4) is 0 Å². The normalized spacial score (nSPS) is 21.2. The molecule has 2 unspecified atom stereocenters. The van der Waals surface area contributed by atoms with Gasteiger partial charge in [-0.1, -0.05) is 90.8 Å². The molecule has 1 saturated heterocycles. The van der Waals surface area contributed by atoms with Gasteiger partial charge in [-0.25, -0.2) is 0 Å². The highest BCUT2D eigenvalue weighted by atomic mass is 35.5. The van der Waals surface area contributed by atoms with Crippen molar-refractivity contribution in [2.24, 2.45) is 23.2 Å². The Bertz CT molecular complexity index is 686. The molecule has 0 aromatic rings. The minimum atomic E-state index is 0.153. The fourth-order valence-electron chi connectivity index (χ4n) is 5.30. The van der Waals surface area contributed by atoms with E-state index in [0.29, 0.717) is 17.8 Å². The quantitative estimate of drug-likeness (QED) is 0.252. The van der Waals surface area contributed by atoms with Crippen molar-refractivity contribution >= 4 is 11.6 Å². The van der Waals surface area contributed by atoms with E-state index in [1.807, 2.05) is 0 Å². The van der Waals surface area contributed by atoms with E-state index in [1.165, 1.54) is 11.3 Å². The molecule has 0 amide bonds. The molecule has 0 radical (unpaired) electrons. The van der Waals surface area contributed by atoms with Crippen molar-refractivity contribution in [2.45, 2.75) is 93.0 Å². The molecule has 0 aliphatic carbocycles. The number of allylic oxidation sites excluding steroid dienone is 5. The number of rotatable bonds is 14. The van der Waals surface area contributed by atoms with Gasteiger partial charge in [0.15, 0.2) is 0 Å². The maximum atomic E-state index is 9.40. The van der Waals surface area contributed by atoms with E-state index in [-0.39, 0.29) is 18.1 Å². The number of halogens is 1. The van der Waals surface area contributed by atoms with E-state index in [9.17, 15) is 5.11 Å². The molecular weight excluding hydrogens is 428 g/mol. The SMILES string of the molecule is C=C(CC(CCC)CCO)N[C@@H](C(=C)N1CCC(/C(C)=C/C=C(/Cl)CC)C(C)(C)C1)C(C)C. The predicted molar refractivity (Wildman–Crippen MR) is 146 cm³/mol. The Labute approximate surface area is 210 Å². The number of hydrogen-bond donors (Lipinski definition) is 2. The lowest BCUT2D eigenvalue weighted by atomic mass is 9.70. The van der Waals surface area contributed by atoms with Crippen molar-refractivity contribution in [1.29, 1.82) is 0 Å². The molecule has 3 nitrogen and oxygen atoms in total. The highest BCUT2D eigenvalue weighted by molar-refractivity contribution is 6.29. The highest BCUT2D eigenvalue weighted by Crippen LogP contribution is 2.41. The molecule has 1 fully saturated rings. The lowest BCUT2D eigenvalue weighted by molar-refractivity contribution is 0.0893. The van der Waals surface area contributed by atoms with Gasteiger partial charge in [0, 0.05) is 36.1 Å². The number of likely N-dealkylation sites (tertiary alicyclic amines) is 1. The lowest BCUT2D eigenvalue weighted by Gasteiger charge is -2.48. The zero-order chi connectivity index (χ0) is 25.2.